The van der Waals surface area contributed by atoms with E-state index in [0.29, 0.717) is 6.54 Å². The van der Waals surface area contributed by atoms with Crippen molar-refractivity contribution in [2.45, 2.75) is 33.2 Å². The van der Waals surface area contributed by atoms with Crippen LogP contribution >= 0.6 is 15.9 Å². The van der Waals surface area contributed by atoms with Gasteiger partial charge in [0, 0.05) is 10.0 Å². The van der Waals surface area contributed by atoms with Crippen LogP contribution in [0.25, 0.3) is 0 Å². The fourth-order valence-electron chi connectivity index (χ4n) is 1.99. The maximum atomic E-state index is 12.1. The predicted octanol–water partition coefficient (Wildman–Crippen LogP) is 1.21. The van der Waals surface area contributed by atoms with Crippen molar-refractivity contribution in [2.24, 2.45) is 0 Å². The minimum absolute atomic E-state index is 0.0435. The molecule has 6 heteroatoms. The van der Waals surface area contributed by atoms with Crippen molar-refractivity contribution >= 4 is 33.4 Å². The number of halogens is 1. The Morgan fingerprint density at radius 2 is 1.73 bits per heavy atom. The van der Waals surface area contributed by atoms with Crippen molar-refractivity contribution < 1.29 is 14.5 Å². The van der Waals surface area contributed by atoms with E-state index in [4.69, 9.17) is 0 Å². The van der Waals surface area contributed by atoms with Crippen molar-refractivity contribution in [3.8, 4) is 0 Å². The summed E-state index contributed by atoms with van der Waals surface area (Å²) in [5.41, 5.74) is 0.481. The SMILES string of the molecule is CC[NH+](CC(=O)Nc1ccccc1Br)CC(=O)NC(C)(C)C. The monoisotopic (exact) mass is 370 g/mol. The Labute approximate surface area is 140 Å². The van der Waals surface area contributed by atoms with Gasteiger partial charge in [0.1, 0.15) is 0 Å². The van der Waals surface area contributed by atoms with Gasteiger partial charge in [-0.3, -0.25) is 9.59 Å². The first kappa shape index (κ1) is 18.6. The van der Waals surface area contributed by atoms with Crippen molar-refractivity contribution in [3.05, 3.63) is 28.7 Å². The molecule has 0 aliphatic carbocycles. The largest absolute Gasteiger partial charge is 0.347 e. The van der Waals surface area contributed by atoms with E-state index in [-0.39, 0.29) is 30.4 Å². The summed E-state index contributed by atoms with van der Waals surface area (Å²) in [4.78, 5) is 25.0. The van der Waals surface area contributed by atoms with Crippen LogP contribution in [0.5, 0.6) is 0 Å². The van der Waals surface area contributed by atoms with Gasteiger partial charge in [0.15, 0.2) is 13.1 Å². The Hall–Kier alpha value is -1.40. The fourth-order valence-corrected chi connectivity index (χ4v) is 2.37. The Kier molecular flexibility index (Phi) is 7.03. The number of likely N-dealkylation sites (N-methyl/N-ethyl adjacent to an activating group) is 1. The minimum atomic E-state index is -0.257. The third-order valence-electron chi connectivity index (χ3n) is 2.98. The number of hydrogen-bond acceptors (Lipinski definition) is 2. The van der Waals surface area contributed by atoms with Gasteiger partial charge < -0.3 is 15.5 Å². The van der Waals surface area contributed by atoms with Crippen LogP contribution in [0.3, 0.4) is 0 Å². The highest BCUT2D eigenvalue weighted by Gasteiger charge is 2.20. The summed E-state index contributed by atoms with van der Waals surface area (Å²) in [6.45, 7) is 9.04. The summed E-state index contributed by atoms with van der Waals surface area (Å²) in [6.07, 6.45) is 0. The smallest absolute Gasteiger partial charge is 0.279 e. The molecule has 1 unspecified atom stereocenters. The van der Waals surface area contributed by atoms with Gasteiger partial charge in [-0.1, -0.05) is 12.1 Å². The Bertz CT molecular complexity index is 526. The van der Waals surface area contributed by atoms with Gasteiger partial charge in [-0.15, -0.1) is 0 Å². The number of nitrogens with one attached hydrogen (secondary N) is 3. The molecule has 0 saturated carbocycles. The van der Waals surface area contributed by atoms with Crippen molar-refractivity contribution in [1.82, 2.24) is 5.32 Å². The molecular formula is C16H25BrN3O2+. The lowest BCUT2D eigenvalue weighted by Crippen LogP contribution is -3.14. The highest BCUT2D eigenvalue weighted by molar-refractivity contribution is 9.10. The lowest BCUT2D eigenvalue weighted by molar-refractivity contribution is -0.881. The lowest BCUT2D eigenvalue weighted by Gasteiger charge is -2.23. The van der Waals surface area contributed by atoms with Crippen LogP contribution in [0, 0.1) is 0 Å². The maximum Gasteiger partial charge on any atom is 0.279 e. The molecule has 0 radical (unpaired) electrons. The van der Waals surface area contributed by atoms with E-state index in [9.17, 15) is 9.59 Å². The number of carbonyl (C=O) groups excluding carboxylic acids is 2. The number of anilines is 1. The topological polar surface area (TPSA) is 62.6 Å². The second-order valence-electron chi connectivity index (χ2n) is 6.28. The van der Waals surface area contributed by atoms with Gasteiger partial charge in [0.2, 0.25) is 0 Å². The summed E-state index contributed by atoms with van der Waals surface area (Å²) in [7, 11) is 0. The number of rotatable bonds is 6. The van der Waals surface area contributed by atoms with Crippen LogP contribution in [0.1, 0.15) is 27.7 Å². The highest BCUT2D eigenvalue weighted by atomic mass is 79.9. The third kappa shape index (κ3) is 7.04. The average molecular weight is 371 g/mol. The second-order valence-corrected chi connectivity index (χ2v) is 7.14. The Balaban J connectivity index is 2.53. The van der Waals surface area contributed by atoms with E-state index in [0.717, 1.165) is 15.1 Å². The number of carbonyl (C=O) groups is 2. The number of quaternary nitrogens is 1. The Morgan fingerprint density at radius 1 is 1.14 bits per heavy atom. The molecule has 0 heterocycles. The van der Waals surface area contributed by atoms with E-state index in [1.165, 1.54) is 0 Å². The van der Waals surface area contributed by atoms with Gasteiger partial charge in [-0.05, 0) is 55.8 Å². The molecule has 0 aliphatic heterocycles. The van der Waals surface area contributed by atoms with Gasteiger partial charge in [0.05, 0.1) is 12.2 Å². The van der Waals surface area contributed by atoms with Crippen LogP contribution in [-0.4, -0.2) is 37.0 Å². The first-order chi connectivity index (χ1) is 10.2. The molecule has 0 bridgehead atoms. The van der Waals surface area contributed by atoms with Crippen molar-refractivity contribution in [1.29, 1.82) is 0 Å². The van der Waals surface area contributed by atoms with Gasteiger partial charge in [-0.2, -0.15) is 0 Å². The standard InChI is InChI=1S/C16H24BrN3O2/c1-5-20(11-15(22)19-16(2,3)4)10-14(21)18-13-9-7-6-8-12(13)17/h6-9H,5,10-11H2,1-4H3,(H,18,21)(H,19,22)/p+1. The van der Waals surface area contributed by atoms with E-state index >= 15 is 0 Å². The van der Waals surface area contributed by atoms with Crippen LogP contribution in [0.2, 0.25) is 0 Å². The predicted molar refractivity (Wildman–Crippen MR) is 91.9 cm³/mol. The summed E-state index contributed by atoms with van der Waals surface area (Å²) in [5.74, 6) is -0.148. The van der Waals surface area contributed by atoms with E-state index in [2.05, 4.69) is 26.6 Å². The van der Waals surface area contributed by atoms with E-state index < -0.39 is 0 Å². The molecular weight excluding hydrogens is 346 g/mol. The number of amides is 2. The number of hydrogen-bond donors (Lipinski definition) is 3. The molecule has 5 nitrogen and oxygen atoms in total. The molecule has 0 fully saturated rings. The lowest BCUT2D eigenvalue weighted by atomic mass is 10.1. The molecule has 122 valence electrons. The molecule has 1 atom stereocenters. The fraction of sp³-hybridized carbons (Fsp3) is 0.500. The molecule has 1 aromatic rings. The van der Waals surface area contributed by atoms with Gasteiger partial charge >= 0.3 is 0 Å². The maximum absolute atomic E-state index is 12.1. The third-order valence-corrected chi connectivity index (χ3v) is 3.67. The van der Waals surface area contributed by atoms with Crippen molar-refractivity contribution in [3.63, 3.8) is 0 Å². The number of para-hydroxylation sites is 1. The minimum Gasteiger partial charge on any atom is -0.347 e. The zero-order chi connectivity index (χ0) is 16.8. The van der Waals surface area contributed by atoms with Gasteiger partial charge in [0.25, 0.3) is 11.8 Å². The molecule has 0 spiro atoms. The molecule has 3 N–H and O–H groups in total. The average Bonchev–Trinajstić information content (AvgIpc) is 2.38. The molecule has 0 aromatic heterocycles. The van der Waals surface area contributed by atoms with Gasteiger partial charge in [-0.25, -0.2) is 0 Å². The van der Waals surface area contributed by atoms with Crippen LogP contribution in [0.15, 0.2) is 28.7 Å². The zero-order valence-corrected chi connectivity index (χ0v) is 15.2. The molecule has 1 rings (SSSR count). The number of benzene rings is 1. The van der Waals surface area contributed by atoms with Crippen LogP contribution in [0.4, 0.5) is 5.69 Å². The molecule has 0 aliphatic rings. The van der Waals surface area contributed by atoms with Crippen LogP contribution < -0.4 is 15.5 Å². The molecule has 1 aromatic carbocycles. The quantitative estimate of drug-likeness (QED) is 0.704. The second kappa shape index (κ2) is 8.29. The van der Waals surface area contributed by atoms with E-state index in [1.807, 2.05) is 52.0 Å². The summed E-state index contributed by atoms with van der Waals surface area (Å²) >= 11 is 3.40. The molecule has 2 amide bonds. The first-order valence-corrected chi connectivity index (χ1v) is 8.19. The Morgan fingerprint density at radius 3 is 2.27 bits per heavy atom. The zero-order valence-electron chi connectivity index (χ0n) is 13.6. The molecule has 0 saturated heterocycles. The normalized spacial score (nSPS) is 12.6. The summed E-state index contributed by atoms with van der Waals surface area (Å²) in [6, 6.07) is 7.46. The summed E-state index contributed by atoms with van der Waals surface area (Å²) in [5, 5.41) is 5.78. The van der Waals surface area contributed by atoms with Crippen LogP contribution in [-0.2, 0) is 9.59 Å². The first-order valence-electron chi connectivity index (χ1n) is 7.40. The molecule has 22 heavy (non-hydrogen) atoms. The van der Waals surface area contributed by atoms with E-state index in [1.54, 1.807) is 0 Å². The summed E-state index contributed by atoms with van der Waals surface area (Å²) < 4.78 is 0.840. The van der Waals surface area contributed by atoms with Crippen molar-refractivity contribution in [2.75, 3.05) is 25.0 Å². The highest BCUT2D eigenvalue weighted by Crippen LogP contribution is 2.20.